The van der Waals surface area contributed by atoms with Crippen LogP contribution in [0.25, 0.3) is 0 Å². The fourth-order valence-corrected chi connectivity index (χ4v) is 1.73. The zero-order valence-electron chi connectivity index (χ0n) is 11.1. The standard InChI is InChI=1S/C13H18F3NO2/c1-4-8(2)12(17)10-7-9(19-13(14,15)16)5-6-11(10)18-3/h5-8,12H,4,17H2,1-3H3/t8?,12-/m0/s1. The normalized spacial score (nSPS) is 14.9. The van der Waals surface area contributed by atoms with Gasteiger partial charge in [-0.05, 0) is 24.1 Å². The van der Waals surface area contributed by atoms with E-state index in [0.717, 1.165) is 6.42 Å². The SMILES string of the molecule is CCC(C)[C@H](N)c1cc(OC(F)(F)F)ccc1OC. The number of nitrogens with two attached hydrogens (primary N) is 1. The molecular formula is C13H18F3NO2. The first kappa shape index (κ1) is 15.6. The number of methoxy groups -OCH3 is 1. The van der Waals surface area contributed by atoms with Gasteiger partial charge in [-0.25, -0.2) is 0 Å². The minimum Gasteiger partial charge on any atom is -0.496 e. The van der Waals surface area contributed by atoms with E-state index in [1.165, 1.54) is 25.3 Å². The molecule has 1 aromatic rings. The minimum absolute atomic E-state index is 0.120. The summed E-state index contributed by atoms with van der Waals surface area (Å²) in [5, 5.41) is 0. The van der Waals surface area contributed by atoms with E-state index in [1.807, 2.05) is 13.8 Å². The van der Waals surface area contributed by atoms with Crippen molar-refractivity contribution in [2.75, 3.05) is 7.11 Å². The smallest absolute Gasteiger partial charge is 0.496 e. The van der Waals surface area contributed by atoms with Crippen LogP contribution in [0.3, 0.4) is 0 Å². The maximum Gasteiger partial charge on any atom is 0.573 e. The lowest BCUT2D eigenvalue weighted by Crippen LogP contribution is -2.21. The van der Waals surface area contributed by atoms with Gasteiger partial charge in [0.25, 0.3) is 0 Å². The van der Waals surface area contributed by atoms with E-state index < -0.39 is 12.4 Å². The lowest BCUT2D eigenvalue weighted by molar-refractivity contribution is -0.274. The van der Waals surface area contributed by atoms with E-state index >= 15 is 0 Å². The third-order valence-electron chi connectivity index (χ3n) is 3.05. The van der Waals surface area contributed by atoms with Gasteiger partial charge < -0.3 is 15.2 Å². The second kappa shape index (κ2) is 6.14. The van der Waals surface area contributed by atoms with Crippen LogP contribution in [0.15, 0.2) is 18.2 Å². The highest BCUT2D eigenvalue weighted by atomic mass is 19.4. The number of alkyl halides is 3. The largest absolute Gasteiger partial charge is 0.573 e. The Bertz CT molecular complexity index is 421. The fourth-order valence-electron chi connectivity index (χ4n) is 1.73. The van der Waals surface area contributed by atoms with Gasteiger partial charge in [0, 0.05) is 11.6 Å². The molecule has 1 aromatic carbocycles. The highest BCUT2D eigenvalue weighted by molar-refractivity contribution is 5.42. The van der Waals surface area contributed by atoms with Gasteiger partial charge in [0.2, 0.25) is 0 Å². The van der Waals surface area contributed by atoms with Crippen LogP contribution in [-0.2, 0) is 0 Å². The summed E-state index contributed by atoms with van der Waals surface area (Å²) < 4.78 is 45.6. The molecule has 3 nitrogen and oxygen atoms in total. The summed E-state index contributed by atoms with van der Waals surface area (Å²) in [6, 6.07) is 3.51. The van der Waals surface area contributed by atoms with Gasteiger partial charge in [0.1, 0.15) is 11.5 Å². The molecule has 0 bridgehead atoms. The maximum absolute atomic E-state index is 12.2. The molecule has 0 spiro atoms. The number of ether oxygens (including phenoxy) is 2. The van der Waals surface area contributed by atoms with E-state index in [1.54, 1.807) is 0 Å². The zero-order chi connectivity index (χ0) is 14.6. The molecule has 0 aliphatic heterocycles. The topological polar surface area (TPSA) is 44.5 Å². The van der Waals surface area contributed by atoms with Crippen LogP contribution in [0, 0.1) is 5.92 Å². The number of rotatable bonds is 5. The lowest BCUT2D eigenvalue weighted by Gasteiger charge is -2.22. The van der Waals surface area contributed by atoms with E-state index in [0.29, 0.717) is 11.3 Å². The summed E-state index contributed by atoms with van der Waals surface area (Å²) >= 11 is 0. The molecule has 0 radical (unpaired) electrons. The molecule has 2 atom stereocenters. The van der Waals surface area contributed by atoms with E-state index in [-0.39, 0.29) is 11.7 Å². The first-order valence-electron chi connectivity index (χ1n) is 5.97. The molecule has 0 aromatic heterocycles. The molecule has 0 amide bonds. The summed E-state index contributed by atoms with van der Waals surface area (Å²) in [6.07, 6.45) is -3.90. The molecule has 1 rings (SSSR count). The van der Waals surface area contributed by atoms with Crippen molar-refractivity contribution in [3.05, 3.63) is 23.8 Å². The second-order valence-corrected chi connectivity index (χ2v) is 4.36. The average Bonchev–Trinajstić information content (AvgIpc) is 2.35. The molecule has 0 aliphatic carbocycles. The number of hydrogen-bond donors (Lipinski definition) is 1. The molecule has 108 valence electrons. The predicted molar refractivity (Wildman–Crippen MR) is 66.1 cm³/mol. The Labute approximate surface area is 110 Å². The van der Waals surface area contributed by atoms with Crippen LogP contribution in [0.4, 0.5) is 13.2 Å². The maximum atomic E-state index is 12.2. The van der Waals surface area contributed by atoms with Crippen LogP contribution in [0.2, 0.25) is 0 Å². The second-order valence-electron chi connectivity index (χ2n) is 4.36. The Morgan fingerprint density at radius 1 is 1.32 bits per heavy atom. The molecular weight excluding hydrogens is 259 g/mol. The summed E-state index contributed by atoms with van der Waals surface area (Å²) in [5.41, 5.74) is 6.55. The third-order valence-corrected chi connectivity index (χ3v) is 3.05. The first-order valence-corrected chi connectivity index (χ1v) is 5.97. The van der Waals surface area contributed by atoms with Crippen molar-refractivity contribution in [2.45, 2.75) is 32.7 Å². The quantitative estimate of drug-likeness (QED) is 0.893. The summed E-state index contributed by atoms with van der Waals surface area (Å²) in [6.45, 7) is 3.90. The molecule has 1 unspecified atom stereocenters. The Morgan fingerprint density at radius 2 is 1.95 bits per heavy atom. The van der Waals surface area contributed by atoms with Crippen LogP contribution in [0.1, 0.15) is 31.9 Å². The van der Waals surface area contributed by atoms with Gasteiger partial charge >= 0.3 is 6.36 Å². The Hall–Kier alpha value is -1.43. The number of hydrogen-bond acceptors (Lipinski definition) is 3. The van der Waals surface area contributed by atoms with Crippen molar-refractivity contribution in [1.29, 1.82) is 0 Å². The lowest BCUT2D eigenvalue weighted by atomic mass is 9.92. The summed E-state index contributed by atoms with van der Waals surface area (Å²) in [5.74, 6) is 0.291. The van der Waals surface area contributed by atoms with Gasteiger partial charge in [-0.15, -0.1) is 13.2 Å². The van der Waals surface area contributed by atoms with Crippen molar-refractivity contribution in [3.63, 3.8) is 0 Å². The minimum atomic E-state index is -4.72. The summed E-state index contributed by atoms with van der Waals surface area (Å²) in [4.78, 5) is 0. The predicted octanol–water partition coefficient (Wildman–Crippen LogP) is 3.64. The Balaban J connectivity index is 3.09. The Morgan fingerprint density at radius 3 is 2.42 bits per heavy atom. The first-order chi connectivity index (χ1) is 8.78. The molecule has 0 saturated heterocycles. The van der Waals surface area contributed by atoms with Crippen molar-refractivity contribution < 1.29 is 22.6 Å². The molecule has 19 heavy (non-hydrogen) atoms. The van der Waals surface area contributed by atoms with E-state index in [4.69, 9.17) is 10.5 Å². The average molecular weight is 277 g/mol. The van der Waals surface area contributed by atoms with Gasteiger partial charge in [-0.1, -0.05) is 20.3 Å². The van der Waals surface area contributed by atoms with Gasteiger partial charge in [0.05, 0.1) is 7.11 Å². The molecule has 0 fully saturated rings. The van der Waals surface area contributed by atoms with Crippen molar-refractivity contribution in [1.82, 2.24) is 0 Å². The third kappa shape index (κ3) is 4.31. The van der Waals surface area contributed by atoms with E-state index in [9.17, 15) is 13.2 Å². The highest BCUT2D eigenvalue weighted by Crippen LogP contribution is 2.34. The van der Waals surface area contributed by atoms with Crippen LogP contribution in [0.5, 0.6) is 11.5 Å². The van der Waals surface area contributed by atoms with Gasteiger partial charge in [-0.3, -0.25) is 0 Å². The number of benzene rings is 1. The Kier molecular flexibility index (Phi) is 5.05. The van der Waals surface area contributed by atoms with Gasteiger partial charge in [0.15, 0.2) is 0 Å². The fraction of sp³-hybridized carbons (Fsp3) is 0.538. The van der Waals surface area contributed by atoms with E-state index in [2.05, 4.69) is 4.74 Å². The van der Waals surface area contributed by atoms with Crippen molar-refractivity contribution in [2.24, 2.45) is 11.7 Å². The number of halogens is 3. The molecule has 2 N–H and O–H groups in total. The highest BCUT2D eigenvalue weighted by Gasteiger charge is 2.31. The molecule has 0 aliphatic rings. The van der Waals surface area contributed by atoms with Crippen LogP contribution < -0.4 is 15.2 Å². The molecule has 6 heteroatoms. The van der Waals surface area contributed by atoms with Crippen molar-refractivity contribution >= 4 is 0 Å². The van der Waals surface area contributed by atoms with Crippen molar-refractivity contribution in [3.8, 4) is 11.5 Å². The molecule has 0 heterocycles. The van der Waals surface area contributed by atoms with Crippen LogP contribution >= 0.6 is 0 Å². The zero-order valence-corrected chi connectivity index (χ0v) is 11.1. The molecule has 0 saturated carbocycles. The van der Waals surface area contributed by atoms with Crippen LogP contribution in [-0.4, -0.2) is 13.5 Å². The summed E-state index contributed by atoms with van der Waals surface area (Å²) in [7, 11) is 1.45. The monoisotopic (exact) mass is 277 g/mol. The van der Waals surface area contributed by atoms with Gasteiger partial charge in [-0.2, -0.15) is 0 Å².